The normalized spacial score (nSPS) is 11.0. The van der Waals surface area contributed by atoms with Crippen molar-refractivity contribution in [2.45, 2.75) is 93.4 Å². The standard InChI is InChI=1S/C17H22N2.C15H22BrCl/c1-12(2)7-15-9-14(5-6-18)10-16(8-13(3)4)17(15)11-19;1-10(2)5-13-7-12(9-17)8-14(15(13)16)6-11(3)4/h9-10,12-13H,5,7-8H2,1-4H3;7-8,10-11H,5-6,9H2,1-4H3. The van der Waals surface area contributed by atoms with Crippen molar-refractivity contribution in [3.05, 3.63) is 67.7 Å². The summed E-state index contributed by atoms with van der Waals surface area (Å²) in [5.74, 6) is 2.96. The first kappa shape index (κ1) is 32.2. The maximum absolute atomic E-state index is 9.43. The third kappa shape index (κ3) is 11.1. The van der Waals surface area contributed by atoms with Gasteiger partial charge in [-0.25, -0.2) is 0 Å². The van der Waals surface area contributed by atoms with Crippen LogP contribution in [0.25, 0.3) is 0 Å². The molecule has 0 fully saturated rings. The maximum Gasteiger partial charge on any atom is 0.0997 e. The van der Waals surface area contributed by atoms with Gasteiger partial charge in [0.25, 0.3) is 0 Å². The molecule has 36 heavy (non-hydrogen) atoms. The van der Waals surface area contributed by atoms with E-state index < -0.39 is 0 Å². The third-order valence-corrected chi connectivity index (χ3v) is 7.03. The molecule has 0 saturated heterocycles. The Hall–Kier alpha value is -1.81. The second kappa shape index (κ2) is 16.1. The van der Waals surface area contributed by atoms with Crippen molar-refractivity contribution >= 4 is 27.5 Å². The molecule has 4 heteroatoms. The largest absolute Gasteiger partial charge is 0.198 e. The second-order valence-electron chi connectivity index (χ2n) is 11.5. The van der Waals surface area contributed by atoms with Gasteiger partial charge in [0.15, 0.2) is 0 Å². The third-order valence-electron chi connectivity index (χ3n) is 5.71. The lowest BCUT2D eigenvalue weighted by Gasteiger charge is -2.15. The molecule has 0 radical (unpaired) electrons. The van der Waals surface area contributed by atoms with Crippen LogP contribution in [0.4, 0.5) is 0 Å². The zero-order valence-corrected chi connectivity index (χ0v) is 25.9. The lowest BCUT2D eigenvalue weighted by molar-refractivity contribution is 0.632. The zero-order valence-electron chi connectivity index (χ0n) is 23.5. The maximum atomic E-state index is 9.43. The summed E-state index contributed by atoms with van der Waals surface area (Å²) >= 11 is 9.74. The Morgan fingerprint density at radius 1 is 0.667 bits per heavy atom. The highest BCUT2D eigenvalue weighted by Gasteiger charge is 2.14. The van der Waals surface area contributed by atoms with Gasteiger partial charge in [-0.2, -0.15) is 10.5 Å². The molecule has 0 saturated carbocycles. The van der Waals surface area contributed by atoms with Gasteiger partial charge >= 0.3 is 0 Å². The molecule has 2 aromatic carbocycles. The SMILES string of the molecule is CC(C)Cc1cc(CC#N)cc(CC(C)C)c1C#N.CC(C)Cc1cc(CCl)cc(CC(C)C)c1Br. The van der Waals surface area contributed by atoms with Crippen LogP contribution in [0.15, 0.2) is 28.7 Å². The number of hydrogen-bond donors (Lipinski definition) is 0. The molecule has 0 spiro atoms. The summed E-state index contributed by atoms with van der Waals surface area (Å²) in [5.41, 5.74) is 8.09. The van der Waals surface area contributed by atoms with E-state index in [1.807, 2.05) is 12.1 Å². The lowest BCUT2D eigenvalue weighted by atomic mass is 9.89. The predicted molar refractivity (Wildman–Crippen MR) is 158 cm³/mol. The Kier molecular flexibility index (Phi) is 14.4. The number of nitriles is 2. The Morgan fingerprint density at radius 2 is 1.03 bits per heavy atom. The van der Waals surface area contributed by atoms with Crippen molar-refractivity contribution in [1.82, 2.24) is 0 Å². The number of alkyl halides is 1. The highest BCUT2D eigenvalue weighted by molar-refractivity contribution is 9.10. The smallest absolute Gasteiger partial charge is 0.0997 e. The quantitative estimate of drug-likeness (QED) is 0.266. The minimum absolute atomic E-state index is 0.419. The molecule has 0 aromatic heterocycles. The van der Waals surface area contributed by atoms with Gasteiger partial charge in [-0.15, -0.1) is 11.6 Å². The Morgan fingerprint density at radius 3 is 1.33 bits per heavy atom. The molecule has 2 aromatic rings. The molecule has 0 aliphatic carbocycles. The average molecular weight is 572 g/mol. The van der Waals surface area contributed by atoms with Crippen LogP contribution in [0.2, 0.25) is 0 Å². The highest BCUT2D eigenvalue weighted by atomic mass is 79.9. The van der Waals surface area contributed by atoms with E-state index in [-0.39, 0.29) is 0 Å². The Bertz CT molecular complexity index is 993. The summed E-state index contributed by atoms with van der Waals surface area (Å²) in [5, 5.41) is 18.3. The fourth-order valence-electron chi connectivity index (χ4n) is 4.45. The first-order chi connectivity index (χ1) is 16.9. The van der Waals surface area contributed by atoms with Crippen molar-refractivity contribution in [3.63, 3.8) is 0 Å². The topological polar surface area (TPSA) is 47.6 Å². The van der Waals surface area contributed by atoms with Crippen LogP contribution in [-0.2, 0) is 38.0 Å². The first-order valence-electron chi connectivity index (χ1n) is 13.2. The van der Waals surface area contributed by atoms with Crippen LogP contribution in [-0.4, -0.2) is 0 Å². The molecule has 196 valence electrons. The van der Waals surface area contributed by atoms with E-state index in [1.165, 1.54) is 21.2 Å². The molecule has 0 N–H and O–H groups in total. The summed E-state index contributed by atoms with van der Waals surface area (Å²) in [4.78, 5) is 0. The number of benzene rings is 2. The van der Waals surface area contributed by atoms with Crippen molar-refractivity contribution < 1.29 is 0 Å². The fourth-order valence-corrected chi connectivity index (χ4v) is 5.16. The van der Waals surface area contributed by atoms with Gasteiger partial charge in [0.05, 0.1) is 24.1 Å². The van der Waals surface area contributed by atoms with Gasteiger partial charge in [0.2, 0.25) is 0 Å². The number of nitrogens with zero attached hydrogens (tertiary/aromatic N) is 2. The number of rotatable bonds is 10. The van der Waals surface area contributed by atoms with Gasteiger partial charge in [0, 0.05) is 10.4 Å². The highest BCUT2D eigenvalue weighted by Crippen LogP contribution is 2.29. The Labute approximate surface area is 234 Å². The minimum atomic E-state index is 0.419. The van der Waals surface area contributed by atoms with E-state index >= 15 is 0 Å². The fraction of sp³-hybridized carbons (Fsp3) is 0.562. The molecule has 0 atom stereocenters. The van der Waals surface area contributed by atoms with Crippen LogP contribution >= 0.6 is 27.5 Å². The summed E-state index contributed by atoms with van der Waals surface area (Å²) in [6.45, 7) is 17.6. The van der Waals surface area contributed by atoms with Gasteiger partial charge in [-0.3, -0.25) is 0 Å². The summed E-state index contributed by atoms with van der Waals surface area (Å²) in [6.07, 6.45) is 4.43. The van der Waals surface area contributed by atoms with Gasteiger partial charge in [-0.1, -0.05) is 95.6 Å². The molecule has 2 nitrogen and oxygen atoms in total. The second-order valence-corrected chi connectivity index (χ2v) is 12.5. The van der Waals surface area contributed by atoms with E-state index in [1.54, 1.807) is 0 Å². The van der Waals surface area contributed by atoms with Crippen LogP contribution in [0.3, 0.4) is 0 Å². The van der Waals surface area contributed by atoms with Gasteiger partial charge in [-0.05, 0) is 82.7 Å². The molecule has 0 aliphatic rings. The molecule has 0 aliphatic heterocycles. The van der Waals surface area contributed by atoms with Crippen molar-refractivity contribution in [2.24, 2.45) is 23.7 Å². The summed E-state index contributed by atoms with van der Waals surface area (Å²) in [6, 6.07) is 13.1. The molecule has 0 amide bonds. The van der Waals surface area contributed by atoms with Gasteiger partial charge in [0.1, 0.15) is 0 Å². The molecule has 2 rings (SSSR count). The van der Waals surface area contributed by atoms with Crippen molar-refractivity contribution in [1.29, 1.82) is 10.5 Å². The molecule has 0 bridgehead atoms. The lowest BCUT2D eigenvalue weighted by Crippen LogP contribution is -2.05. The molecular formula is C32H44BrClN2. The van der Waals surface area contributed by atoms with Crippen LogP contribution in [0, 0.1) is 46.3 Å². The number of hydrogen-bond acceptors (Lipinski definition) is 2. The minimum Gasteiger partial charge on any atom is -0.198 e. The van der Waals surface area contributed by atoms with Crippen LogP contribution in [0.5, 0.6) is 0 Å². The van der Waals surface area contributed by atoms with E-state index in [0.29, 0.717) is 36.0 Å². The van der Waals surface area contributed by atoms with E-state index in [4.69, 9.17) is 16.9 Å². The molecular weight excluding hydrogens is 528 g/mol. The zero-order chi connectivity index (χ0) is 27.4. The monoisotopic (exact) mass is 570 g/mol. The first-order valence-corrected chi connectivity index (χ1v) is 14.5. The van der Waals surface area contributed by atoms with E-state index in [0.717, 1.165) is 47.9 Å². The summed E-state index contributed by atoms with van der Waals surface area (Å²) in [7, 11) is 0. The van der Waals surface area contributed by atoms with E-state index in [9.17, 15) is 5.26 Å². The van der Waals surface area contributed by atoms with Crippen molar-refractivity contribution in [2.75, 3.05) is 0 Å². The van der Waals surface area contributed by atoms with E-state index in [2.05, 4.69) is 95.6 Å². The van der Waals surface area contributed by atoms with Crippen molar-refractivity contribution in [3.8, 4) is 12.1 Å². The molecule has 0 unspecified atom stereocenters. The van der Waals surface area contributed by atoms with Crippen LogP contribution in [0.1, 0.15) is 94.3 Å². The predicted octanol–water partition coefficient (Wildman–Crippen LogP) is 9.61. The Balaban J connectivity index is 0.000000362. The summed E-state index contributed by atoms with van der Waals surface area (Å²) < 4.78 is 1.29. The van der Waals surface area contributed by atoms with Crippen LogP contribution < -0.4 is 0 Å². The van der Waals surface area contributed by atoms with Gasteiger partial charge < -0.3 is 0 Å². The number of halogens is 2. The average Bonchev–Trinajstić information content (AvgIpc) is 2.75. The molecule has 0 heterocycles.